The van der Waals surface area contributed by atoms with Crippen molar-refractivity contribution in [3.8, 4) is 5.75 Å². The maximum atomic E-state index is 5.40. The minimum atomic E-state index is 0.287. The van der Waals surface area contributed by atoms with Gasteiger partial charge in [0.05, 0.1) is 7.11 Å². The maximum Gasteiger partial charge on any atom is 0.123 e. The lowest BCUT2D eigenvalue weighted by atomic mass is 10.0. The Labute approximate surface area is 98.2 Å². The first kappa shape index (κ1) is 13.0. The van der Waals surface area contributed by atoms with Crippen LogP contribution in [0, 0.1) is 6.92 Å². The lowest BCUT2D eigenvalue weighted by Crippen LogP contribution is -2.29. The maximum absolute atomic E-state index is 5.40. The summed E-state index contributed by atoms with van der Waals surface area (Å²) in [4.78, 5) is 0. The first-order valence-electron chi connectivity index (χ1n) is 5.75. The van der Waals surface area contributed by atoms with Crippen LogP contribution in [0.4, 0.5) is 0 Å². The quantitative estimate of drug-likeness (QED) is 0.771. The van der Waals surface area contributed by atoms with Crippen molar-refractivity contribution in [1.29, 1.82) is 0 Å². The topological polar surface area (TPSA) is 33.3 Å². The Hall–Kier alpha value is -1.06. The normalized spacial score (nSPS) is 12.5. The van der Waals surface area contributed by atoms with E-state index in [1.165, 1.54) is 11.1 Å². The van der Waals surface area contributed by atoms with Gasteiger partial charge in [0, 0.05) is 18.2 Å². The van der Waals surface area contributed by atoms with E-state index in [2.05, 4.69) is 36.6 Å². The number of aryl methyl sites for hydroxylation is 1. The molecule has 3 nitrogen and oxygen atoms in total. The van der Waals surface area contributed by atoms with Gasteiger partial charge >= 0.3 is 0 Å². The number of methoxy groups -OCH3 is 1. The van der Waals surface area contributed by atoms with Crippen LogP contribution in [0.1, 0.15) is 24.1 Å². The molecule has 16 heavy (non-hydrogen) atoms. The highest BCUT2D eigenvalue weighted by Crippen LogP contribution is 2.25. The van der Waals surface area contributed by atoms with Crippen molar-refractivity contribution in [3.63, 3.8) is 0 Å². The first-order valence-corrected chi connectivity index (χ1v) is 5.75. The molecule has 3 heteroatoms. The van der Waals surface area contributed by atoms with E-state index in [1.807, 2.05) is 13.1 Å². The summed E-state index contributed by atoms with van der Waals surface area (Å²) >= 11 is 0. The van der Waals surface area contributed by atoms with Gasteiger partial charge in [0.15, 0.2) is 0 Å². The van der Waals surface area contributed by atoms with E-state index in [0.29, 0.717) is 0 Å². The average molecular weight is 222 g/mol. The van der Waals surface area contributed by atoms with Crippen molar-refractivity contribution in [2.45, 2.75) is 19.9 Å². The Morgan fingerprint density at radius 3 is 2.69 bits per heavy atom. The van der Waals surface area contributed by atoms with Crippen LogP contribution < -0.4 is 15.4 Å². The summed E-state index contributed by atoms with van der Waals surface area (Å²) in [6, 6.07) is 6.57. The van der Waals surface area contributed by atoms with Crippen LogP contribution >= 0.6 is 0 Å². The van der Waals surface area contributed by atoms with Crippen molar-refractivity contribution in [1.82, 2.24) is 10.6 Å². The second-order valence-electron chi connectivity index (χ2n) is 3.89. The molecular formula is C13H22N2O. The van der Waals surface area contributed by atoms with E-state index < -0.39 is 0 Å². The number of ether oxygens (including phenoxy) is 1. The molecule has 0 saturated heterocycles. The van der Waals surface area contributed by atoms with E-state index in [0.717, 1.165) is 18.8 Å². The van der Waals surface area contributed by atoms with Gasteiger partial charge in [0.1, 0.15) is 5.75 Å². The highest BCUT2D eigenvalue weighted by Gasteiger charge is 2.13. The third-order valence-corrected chi connectivity index (χ3v) is 2.71. The fourth-order valence-electron chi connectivity index (χ4n) is 1.78. The molecule has 0 aliphatic heterocycles. The van der Waals surface area contributed by atoms with Crippen LogP contribution in [0.15, 0.2) is 18.2 Å². The molecule has 0 bridgehead atoms. The second kappa shape index (κ2) is 6.51. The van der Waals surface area contributed by atoms with Crippen LogP contribution in [-0.2, 0) is 0 Å². The molecule has 1 aromatic carbocycles. The molecule has 1 atom stereocenters. The molecule has 2 N–H and O–H groups in total. The molecular weight excluding hydrogens is 200 g/mol. The third kappa shape index (κ3) is 3.22. The molecule has 0 aliphatic rings. The predicted octanol–water partition coefficient (Wildman–Crippen LogP) is 1.87. The summed E-state index contributed by atoms with van der Waals surface area (Å²) < 4.78 is 5.40. The van der Waals surface area contributed by atoms with Gasteiger partial charge < -0.3 is 15.4 Å². The molecule has 0 amide bonds. The minimum Gasteiger partial charge on any atom is -0.496 e. The van der Waals surface area contributed by atoms with Crippen molar-refractivity contribution >= 4 is 0 Å². The average Bonchev–Trinajstić information content (AvgIpc) is 2.30. The van der Waals surface area contributed by atoms with E-state index in [1.54, 1.807) is 7.11 Å². The number of hydrogen-bond acceptors (Lipinski definition) is 3. The SMILES string of the molecule is CCNCC(NC)c1cc(C)ccc1OC. The van der Waals surface area contributed by atoms with Gasteiger partial charge in [-0.05, 0) is 26.6 Å². The van der Waals surface area contributed by atoms with Gasteiger partial charge in [0.25, 0.3) is 0 Å². The van der Waals surface area contributed by atoms with Gasteiger partial charge in [-0.3, -0.25) is 0 Å². The predicted molar refractivity (Wildman–Crippen MR) is 68.1 cm³/mol. The monoisotopic (exact) mass is 222 g/mol. The zero-order valence-corrected chi connectivity index (χ0v) is 10.6. The summed E-state index contributed by atoms with van der Waals surface area (Å²) in [5.74, 6) is 0.947. The van der Waals surface area contributed by atoms with Crippen molar-refractivity contribution in [2.75, 3.05) is 27.2 Å². The van der Waals surface area contributed by atoms with Gasteiger partial charge in [-0.25, -0.2) is 0 Å². The zero-order chi connectivity index (χ0) is 12.0. The van der Waals surface area contributed by atoms with Gasteiger partial charge in [-0.2, -0.15) is 0 Å². The van der Waals surface area contributed by atoms with Gasteiger partial charge in [0.2, 0.25) is 0 Å². The Kier molecular flexibility index (Phi) is 5.29. The lowest BCUT2D eigenvalue weighted by molar-refractivity contribution is 0.399. The summed E-state index contributed by atoms with van der Waals surface area (Å²) in [5, 5.41) is 6.66. The summed E-state index contributed by atoms with van der Waals surface area (Å²) in [7, 11) is 3.69. The van der Waals surface area contributed by atoms with Crippen molar-refractivity contribution < 1.29 is 4.74 Å². The lowest BCUT2D eigenvalue weighted by Gasteiger charge is -2.20. The zero-order valence-electron chi connectivity index (χ0n) is 10.6. The second-order valence-corrected chi connectivity index (χ2v) is 3.89. The largest absolute Gasteiger partial charge is 0.496 e. The Morgan fingerprint density at radius 2 is 2.12 bits per heavy atom. The van der Waals surface area contributed by atoms with E-state index in [-0.39, 0.29) is 6.04 Å². The molecule has 0 aliphatic carbocycles. The Bertz CT molecular complexity index is 326. The summed E-state index contributed by atoms with van der Waals surface area (Å²) in [6.07, 6.45) is 0. The Balaban J connectivity index is 2.92. The molecule has 0 heterocycles. The summed E-state index contributed by atoms with van der Waals surface area (Å²) in [6.45, 7) is 6.10. The molecule has 90 valence electrons. The minimum absolute atomic E-state index is 0.287. The Morgan fingerprint density at radius 1 is 1.38 bits per heavy atom. The van der Waals surface area contributed by atoms with Crippen LogP contribution in [-0.4, -0.2) is 27.2 Å². The molecule has 0 fully saturated rings. The standard InChI is InChI=1S/C13H22N2O/c1-5-15-9-12(14-3)11-8-10(2)6-7-13(11)16-4/h6-8,12,14-15H,5,9H2,1-4H3. The first-order chi connectivity index (χ1) is 7.72. The van der Waals surface area contributed by atoms with E-state index in [4.69, 9.17) is 4.74 Å². The third-order valence-electron chi connectivity index (χ3n) is 2.71. The van der Waals surface area contributed by atoms with E-state index >= 15 is 0 Å². The van der Waals surface area contributed by atoms with Crippen LogP contribution in [0.25, 0.3) is 0 Å². The molecule has 0 spiro atoms. The molecule has 0 aromatic heterocycles. The number of benzene rings is 1. The van der Waals surface area contributed by atoms with Gasteiger partial charge in [-0.15, -0.1) is 0 Å². The summed E-state index contributed by atoms with van der Waals surface area (Å²) in [5.41, 5.74) is 2.47. The number of hydrogen-bond donors (Lipinski definition) is 2. The van der Waals surface area contributed by atoms with Crippen LogP contribution in [0.2, 0.25) is 0 Å². The number of nitrogens with one attached hydrogen (secondary N) is 2. The van der Waals surface area contributed by atoms with E-state index in [9.17, 15) is 0 Å². The molecule has 1 aromatic rings. The fourth-order valence-corrected chi connectivity index (χ4v) is 1.78. The highest BCUT2D eigenvalue weighted by molar-refractivity contribution is 5.39. The van der Waals surface area contributed by atoms with Crippen molar-refractivity contribution in [2.24, 2.45) is 0 Å². The molecule has 0 saturated carbocycles. The molecule has 1 unspecified atom stereocenters. The fraction of sp³-hybridized carbons (Fsp3) is 0.538. The van der Waals surface area contributed by atoms with Crippen LogP contribution in [0.3, 0.4) is 0 Å². The van der Waals surface area contributed by atoms with Crippen LogP contribution in [0.5, 0.6) is 5.75 Å². The molecule has 1 rings (SSSR count). The van der Waals surface area contributed by atoms with Crippen molar-refractivity contribution in [3.05, 3.63) is 29.3 Å². The number of likely N-dealkylation sites (N-methyl/N-ethyl adjacent to an activating group) is 2. The highest BCUT2D eigenvalue weighted by atomic mass is 16.5. The molecule has 0 radical (unpaired) electrons. The number of rotatable bonds is 6. The smallest absolute Gasteiger partial charge is 0.123 e. The van der Waals surface area contributed by atoms with Gasteiger partial charge in [-0.1, -0.05) is 24.6 Å².